The summed E-state index contributed by atoms with van der Waals surface area (Å²) >= 11 is 0. The summed E-state index contributed by atoms with van der Waals surface area (Å²) in [5.41, 5.74) is 0. The van der Waals surface area contributed by atoms with Crippen LogP contribution in [-0.4, -0.2) is 18.4 Å². The quantitative estimate of drug-likeness (QED) is 0.376. The lowest BCUT2D eigenvalue weighted by atomic mass is 9.95. The second-order valence-corrected chi connectivity index (χ2v) is 11.4. The maximum absolute atomic E-state index is 11.1. The van der Waals surface area contributed by atoms with Crippen molar-refractivity contribution < 1.29 is 5.11 Å². The minimum absolute atomic E-state index is 0.409. The van der Waals surface area contributed by atoms with Gasteiger partial charge in [-0.1, -0.05) is 78.2 Å². The summed E-state index contributed by atoms with van der Waals surface area (Å²) in [7, 11) is -1.61. The molecule has 2 heteroatoms. The molecule has 0 aliphatic carbocycles. The second-order valence-electron chi connectivity index (χ2n) is 6.13. The van der Waals surface area contributed by atoms with Crippen LogP contribution in [0.15, 0.2) is 12.2 Å². The second kappa shape index (κ2) is 7.37. The van der Waals surface area contributed by atoms with Crippen LogP contribution in [0.2, 0.25) is 19.6 Å². The van der Waals surface area contributed by atoms with Gasteiger partial charge in [0.1, 0.15) is 0 Å². The van der Waals surface area contributed by atoms with E-state index in [1.165, 1.54) is 12.8 Å². The van der Waals surface area contributed by atoms with Crippen LogP contribution >= 0.6 is 0 Å². The topological polar surface area (TPSA) is 20.2 Å². The molecule has 0 aromatic carbocycles. The molecule has 0 spiro atoms. The number of hydrogen-bond acceptors (Lipinski definition) is 1. The largest absolute Gasteiger partial charge is 0.389 e. The molecule has 0 aliphatic rings. The third-order valence-corrected chi connectivity index (χ3v) is 6.88. The Kier molecular flexibility index (Phi) is 7.34. The number of aliphatic hydroxyl groups is 1. The molecule has 1 nitrogen and oxygen atoms in total. The zero-order valence-corrected chi connectivity index (χ0v) is 13.7. The summed E-state index contributed by atoms with van der Waals surface area (Å²) < 4.78 is 0. The predicted octanol–water partition coefficient (Wildman–Crippen LogP) is 4.78. The third kappa shape index (κ3) is 4.59. The van der Waals surface area contributed by atoms with Crippen molar-refractivity contribution in [2.24, 2.45) is 5.92 Å². The average Bonchev–Trinajstić information content (AvgIpc) is 2.24. The molecule has 1 N–H and O–H groups in total. The first kappa shape index (κ1) is 16.9. The van der Waals surface area contributed by atoms with Crippen LogP contribution in [0, 0.1) is 5.92 Å². The van der Waals surface area contributed by atoms with Crippen LogP contribution in [0.3, 0.4) is 0 Å². The summed E-state index contributed by atoms with van der Waals surface area (Å²) in [6, 6.07) is 0. The van der Waals surface area contributed by atoms with Crippen LogP contribution < -0.4 is 0 Å². The average molecular weight is 257 g/mol. The highest BCUT2D eigenvalue weighted by atomic mass is 28.3. The standard InChI is InChI=1S/C15H32OSi/c1-7-10-11-12-13-15(16,17(4,5)6)14(8-2)9-3/h12-14,16H,7-11H2,1-6H3/b13-12+. The molecule has 0 aromatic rings. The predicted molar refractivity (Wildman–Crippen MR) is 81.0 cm³/mol. The molecule has 0 fully saturated rings. The number of allylic oxidation sites excluding steroid dienone is 1. The monoisotopic (exact) mass is 256 g/mol. The Balaban J connectivity index is 4.91. The van der Waals surface area contributed by atoms with E-state index in [0.29, 0.717) is 5.92 Å². The summed E-state index contributed by atoms with van der Waals surface area (Å²) in [6.45, 7) is 13.4. The van der Waals surface area contributed by atoms with Crippen LogP contribution in [0.25, 0.3) is 0 Å². The van der Waals surface area contributed by atoms with Gasteiger partial charge in [0.05, 0.1) is 13.3 Å². The van der Waals surface area contributed by atoms with E-state index in [2.05, 4.69) is 52.6 Å². The molecule has 0 saturated heterocycles. The van der Waals surface area contributed by atoms with Gasteiger partial charge in [-0.15, -0.1) is 0 Å². The third-order valence-electron chi connectivity index (χ3n) is 3.91. The SMILES string of the molecule is CCCC/C=C/C(O)(C(CC)CC)[Si](C)(C)C. The van der Waals surface area contributed by atoms with Crippen molar-refractivity contribution in [2.75, 3.05) is 0 Å². The van der Waals surface area contributed by atoms with Crippen molar-refractivity contribution in [1.82, 2.24) is 0 Å². The number of hydrogen-bond donors (Lipinski definition) is 1. The molecule has 0 rings (SSSR count). The Morgan fingerprint density at radius 2 is 1.65 bits per heavy atom. The lowest BCUT2D eigenvalue weighted by Crippen LogP contribution is -2.55. The maximum atomic E-state index is 11.1. The fraction of sp³-hybridized carbons (Fsp3) is 0.867. The van der Waals surface area contributed by atoms with Gasteiger partial charge in [-0.05, 0) is 12.3 Å². The van der Waals surface area contributed by atoms with E-state index in [-0.39, 0.29) is 0 Å². The van der Waals surface area contributed by atoms with Crippen molar-refractivity contribution in [3.05, 3.63) is 12.2 Å². The Hall–Kier alpha value is -0.0831. The summed E-state index contributed by atoms with van der Waals surface area (Å²) in [5, 5.41) is 10.5. The normalized spacial score (nSPS) is 16.7. The van der Waals surface area contributed by atoms with Crippen molar-refractivity contribution in [1.29, 1.82) is 0 Å². The van der Waals surface area contributed by atoms with Gasteiger partial charge in [-0.25, -0.2) is 0 Å². The Bertz CT molecular complexity index is 226. The van der Waals surface area contributed by atoms with Gasteiger partial charge in [0.15, 0.2) is 0 Å². The van der Waals surface area contributed by atoms with Crippen LogP contribution in [-0.2, 0) is 0 Å². The van der Waals surface area contributed by atoms with Gasteiger partial charge >= 0.3 is 0 Å². The number of rotatable bonds is 8. The van der Waals surface area contributed by atoms with Gasteiger partial charge in [-0.2, -0.15) is 0 Å². The highest BCUT2D eigenvalue weighted by Crippen LogP contribution is 2.34. The number of unbranched alkanes of at least 4 members (excludes halogenated alkanes) is 2. The van der Waals surface area contributed by atoms with Crippen molar-refractivity contribution in [3.8, 4) is 0 Å². The van der Waals surface area contributed by atoms with Gasteiger partial charge in [0.2, 0.25) is 0 Å². The molecule has 102 valence electrons. The van der Waals surface area contributed by atoms with Crippen LogP contribution in [0.4, 0.5) is 0 Å². The molecule has 0 aromatic heterocycles. The van der Waals surface area contributed by atoms with Crippen molar-refractivity contribution >= 4 is 8.07 Å². The summed E-state index contributed by atoms with van der Waals surface area (Å²) in [5.74, 6) is 0.409. The van der Waals surface area contributed by atoms with E-state index < -0.39 is 13.3 Å². The lowest BCUT2D eigenvalue weighted by molar-refractivity contribution is 0.0919. The van der Waals surface area contributed by atoms with Gasteiger partial charge in [0, 0.05) is 0 Å². The molecule has 0 aliphatic heterocycles. The smallest absolute Gasteiger partial charge is 0.0873 e. The Morgan fingerprint density at radius 1 is 1.12 bits per heavy atom. The van der Waals surface area contributed by atoms with Crippen LogP contribution in [0.1, 0.15) is 52.9 Å². The van der Waals surface area contributed by atoms with E-state index in [4.69, 9.17) is 0 Å². The fourth-order valence-corrected chi connectivity index (χ4v) is 4.75. The maximum Gasteiger partial charge on any atom is 0.0873 e. The minimum atomic E-state index is -1.61. The molecule has 0 bridgehead atoms. The van der Waals surface area contributed by atoms with Gasteiger partial charge in [0.25, 0.3) is 0 Å². The minimum Gasteiger partial charge on any atom is -0.389 e. The summed E-state index contributed by atoms with van der Waals surface area (Å²) in [4.78, 5) is 0. The first-order chi connectivity index (χ1) is 7.83. The zero-order valence-electron chi connectivity index (χ0n) is 12.7. The molecular weight excluding hydrogens is 224 g/mol. The molecule has 0 radical (unpaired) electrons. The first-order valence-corrected chi connectivity index (χ1v) is 10.7. The lowest BCUT2D eigenvalue weighted by Gasteiger charge is -2.42. The molecular formula is C15H32OSi. The fourth-order valence-electron chi connectivity index (χ4n) is 2.49. The Morgan fingerprint density at radius 3 is 2.00 bits per heavy atom. The van der Waals surface area contributed by atoms with E-state index in [9.17, 15) is 5.11 Å². The van der Waals surface area contributed by atoms with Crippen molar-refractivity contribution in [2.45, 2.75) is 77.7 Å². The molecule has 0 heterocycles. The van der Waals surface area contributed by atoms with Crippen molar-refractivity contribution in [3.63, 3.8) is 0 Å². The van der Waals surface area contributed by atoms with Crippen LogP contribution in [0.5, 0.6) is 0 Å². The van der Waals surface area contributed by atoms with E-state index in [1.54, 1.807) is 0 Å². The molecule has 0 amide bonds. The molecule has 1 unspecified atom stereocenters. The van der Waals surface area contributed by atoms with E-state index >= 15 is 0 Å². The first-order valence-electron chi connectivity index (χ1n) is 7.23. The van der Waals surface area contributed by atoms with E-state index in [1.807, 2.05) is 0 Å². The highest BCUT2D eigenvalue weighted by Gasteiger charge is 2.44. The molecule has 0 saturated carbocycles. The van der Waals surface area contributed by atoms with E-state index in [0.717, 1.165) is 19.3 Å². The zero-order chi connectivity index (χ0) is 13.5. The van der Waals surface area contributed by atoms with Gasteiger partial charge in [-0.3, -0.25) is 0 Å². The summed E-state index contributed by atoms with van der Waals surface area (Å²) in [6.07, 6.45) is 10.0. The molecule has 17 heavy (non-hydrogen) atoms. The molecule has 1 atom stereocenters. The Labute approximate surface area is 109 Å². The highest BCUT2D eigenvalue weighted by molar-refractivity contribution is 6.79. The van der Waals surface area contributed by atoms with Gasteiger partial charge < -0.3 is 5.11 Å².